The molecular weight excluding hydrogens is 407 g/mol. The van der Waals surface area contributed by atoms with E-state index >= 15 is 0 Å². The summed E-state index contributed by atoms with van der Waals surface area (Å²) in [5.41, 5.74) is 7.53. The van der Waals surface area contributed by atoms with E-state index in [0.717, 1.165) is 29.2 Å². The number of rotatable bonds is 4. The Morgan fingerprint density at radius 3 is 2.38 bits per heavy atom. The second-order valence-corrected chi connectivity index (χ2v) is 10.1. The predicted molar refractivity (Wildman–Crippen MR) is 126 cm³/mol. The van der Waals surface area contributed by atoms with Gasteiger partial charge in [-0.2, -0.15) is 0 Å². The fraction of sp³-hybridized carbons (Fsp3) is 0.560. The Labute approximate surface area is 191 Å². The molecule has 1 aromatic rings. The molecule has 2 aliphatic heterocycles. The van der Waals surface area contributed by atoms with Gasteiger partial charge in [0.15, 0.2) is 0 Å². The van der Waals surface area contributed by atoms with Crippen LogP contribution in [-0.4, -0.2) is 59.2 Å². The number of piperazine rings is 1. The van der Waals surface area contributed by atoms with E-state index in [1.807, 2.05) is 32.9 Å². The summed E-state index contributed by atoms with van der Waals surface area (Å²) in [6.07, 6.45) is 1.83. The van der Waals surface area contributed by atoms with Crippen LogP contribution in [0.4, 0.5) is 9.18 Å². The van der Waals surface area contributed by atoms with Crippen molar-refractivity contribution in [2.24, 2.45) is 5.92 Å². The zero-order chi connectivity index (χ0) is 23.6. The van der Waals surface area contributed by atoms with Gasteiger partial charge in [0.05, 0.1) is 17.1 Å². The normalized spacial score (nSPS) is 17.5. The third kappa shape index (κ3) is 5.75. The number of halogens is 1. The van der Waals surface area contributed by atoms with Gasteiger partial charge in [-0.3, -0.25) is 10.4 Å². The van der Waals surface area contributed by atoms with Crippen molar-refractivity contribution in [3.8, 4) is 0 Å². The monoisotopic (exact) mass is 444 g/mol. The summed E-state index contributed by atoms with van der Waals surface area (Å²) in [7, 11) is 0. The highest BCUT2D eigenvalue weighted by Gasteiger charge is 2.29. The SMILES string of the molecule is CC1=C(N2CCN(C(=O)OC(C)(C)C)CC2)C=C(c2ccc(C)c(F)c2)NN1CC(C)C. The summed E-state index contributed by atoms with van der Waals surface area (Å²) >= 11 is 0. The number of carbonyl (C=O) groups excluding carboxylic acids is 1. The summed E-state index contributed by atoms with van der Waals surface area (Å²) in [6.45, 7) is 17.3. The lowest BCUT2D eigenvalue weighted by molar-refractivity contribution is 0.0168. The number of nitrogens with zero attached hydrogens (tertiary/aromatic N) is 3. The van der Waals surface area contributed by atoms with E-state index in [0.29, 0.717) is 37.7 Å². The number of allylic oxidation sites excluding steroid dienone is 2. The summed E-state index contributed by atoms with van der Waals surface area (Å²) in [5, 5.41) is 2.15. The molecule has 1 N–H and O–H groups in total. The second-order valence-electron chi connectivity index (χ2n) is 10.1. The molecule has 0 radical (unpaired) electrons. The highest BCUT2D eigenvalue weighted by molar-refractivity contribution is 5.69. The minimum absolute atomic E-state index is 0.209. The number of ether oxygens (including phenoxy) is 1. The van der Waals surface area contributed by atoms with Crippen molar-refractivity contribution >= 4 is 11.8 Å². The first-order chi connectivity index (χ1) is 14.9. The van der Waals surface area contributed by atoms with Crippen molar-refractivity contribution in [1.29, 1.82) is 0 Å². The molecule has 0 aliphatic carbocycles. The van der Waals surface area contributed by atoms with Gasteiger partial charge in [0.25, 0.3) is 0 Å². The minimum Gasteiger partial charge on any atom is -0.444 e. The number of aryl methyl sites for hydroxylation is 1. The number of carbonyl (C=O) groups is 1. The maximum absolute atomic E-state index is 14.3. The first kappa shape index (κ1) is 24.0. The van der Waals surface area contributed by atoms with Crippen LogP contribution in [0.25, 0.3) is 5.70 Å². The fourth-order valence-electron chi connectivity index (χ4n) is 3.87. The first-order valence-electron chi connectivity index (χ1n) is 11.4. The number of nitrogens with one attached hydrogen (secondary N) is 1. The van der Waals surface area contributed by atoms with Gasteiger partial charge in [-0.25, -0.2) is 9.18 Å². The molecule has 0 bridgehead atoms. The summed E-state index contributed by atoms with van der Waals surface area (Å²) < 4.78 is 19.8. The van der Waals surface area contributed by atoms with Crippen LogP contribution in [0.5, 0.6) is 0 Å². The topological polar surface area (TPSA) is 48.1 Å². The standard InChI is InChI=1S/C25H37FN4O2/c1-17(2)16-30-19(4)23(15-22(27-30)20-9-8-18(3)21(26)14-20)28-10-12-29(13-11-28)24(31)32-25(5,6)7/h8-9,14-15,17,27H,10-13,16H2,1-7H3. The Morgan fingerprint density at radius 1 is 1.16 bits per heavy atom. The number of hydrogen-bond acceptors (Lipinski definition) is 5. The lowest BCUT2D eigenvalue weighted by atomic mass is 10.1. The average molecular weight is 445 g/mol. The molecule has 1 fully saturated rings. The van der Waals surface area contributed by atoms with Crippen molar-refractivity contribution in [3.05, 3.63) is 52.6 Å². The molecule has 0 atom stereocenters. The van der Waals surface area contributed by atoms with Gasteiger partial charge in [0.1, 0.15) is 11.4 Å². The summed E-state index contributed by atoms with van der Waals surface area (Å²) in [6, 6.07) is 5.34. The molecule has 0 saturated carbocycles. The Balaban J connectivity index is 1.83. The van der Waals surface area contributed by atoms with Gasteiger partial charge in [-0.15, -0.1) is 0 Å². The molecule has 1 saturated heterocycles. The van der Waals surface area contributed by atoms with Crippen LogP contribution in [0, 0.1) is 18.7 Å². The Morgan fingerprint density at radius 2 is 1.81 bits per heavy atom. The van der Waals surface area contributed by atoms with E-state index in [9.17, 15) is 9.18 Å². The number of hydrazine groups is 1. The van der Waals surface area contributed by atoms with Crippen molar-refractivity contribution in [3.63, 3.8) is 0 Å². The van der Waals surface area contributed by atoms with E-state index in [4.69, 9.17) is 4.74 Å². The highest BCUT2D eigenvalue weighted by Crippen LogP contribution is 2.28. The van der Waals surface area contributed by atoms with E-state index < -0.39 is 5.60 Å². The third-order valence-electron chi connectivity index (χ3n) is 5.61. The molecule has 3 rings (SSSR count). The summed E-state index contributed by atoms with van der Waals surface area (Å²) in [5.74, 6) is 0.247. The van der Waals surface area contributed by atoms with Gasteiger partial charge < -0.3 is 14.5 Å². The largest absolute Gasteiger partial charge is 0.444 e. The quantitative estimate of drug-likeness (QED) is 0.727. The van der Waals surface area contributed by atoms with Crippen LogP contribution in [0.3, 0.4) is 0 Å². The van der Waals surface area contributed by atoms with Crippen LogP contribution in [-0.2, 0) is 4.74 Å². The lowest BCUT2D eigenvalue weighted by Gasteiger charge is -2.41. The van der Waals surface area contributed by atoms with Crippen molar-refractivity contribution in [1.82, 2.24) is 20.2 Å². The Hall–Kier alpha value is -2.70. The molecular formula is C25H37FN4O2. The molecule has 0 aromatic heterocycles. The van der Waals surface area contributed by atoms with Crippen LogP contribution in [0.15, 0.2) is 35.7 Å². The van der Waals surface area contributed by atoms with Gasteiger partial charge in [-0.05, 0) is 58.2 Å². The maximum atomic E-state index is 14.3. The van der Waals surface area contributed by atoms with Gasteiger partial charge >= 0.3 is 6.09 Å². The molecule has 0 unspecified atom stereocenters. The van der Waals surface area contributed by atoms with Crippen LogP contribution >= 0.6 is 0 Å². The average Bonchev–Trinajstić information content (AvgIpc) is 2.70. The second kappa shape index (κ2) is 9.43. The first-order valence-corrected chi connectivity index (χ1v) is 11.4. The number of benzene rings is 1. The molecule has 7 heteroatoms. The van der Waals surface area contributed by atoms with Crippen molar-refractivity contribution < 1.29 is 13.9 Å². The molecule has 32 heavy (non-hydrogen) atoms. The Bertz CT molecular complexity index is 909. The third-order valence-corrected chi connectivity index (χ3v) is 5.61. The maximum Gasteiger partial charge on any atom is 0.410 e. The smallest absolute Gasteiger partial charge is 0.410 e. The molecule has 6 nitrogen and oxygen atoms in total. The molecule has 2 heterocycles. The van der Waals surface area contributed by atoms with Gasteiger partial charge in [0.2, 0.25) is 0 Å². The minimum atomic E-state index is -0.499. The van der Waals surface area contributed by atoms with Crippen molar-refractivity contribution in [2.45, 2.75) is 54.1 Å². The molecule has 1 amide bonds. The molecule has 176 valence electrons. The zero-order valence-corrected chi connectivity index (χ0v) is 20.5. The Kier molecular flexibility index (Phi) is 7.06. The predicted octanol–water partition coefficient (Wildman–Crippen LogP) is 4.74. The van der Waals surface area contributed by atoms with Gasteiger partial charge in [-0.1, -0.05) is 26.0 Å². The zero-order valence-electron chi connectivity index (χ0n) is 20.5. The van der Waals surface area contributed by atoms with Crippen LogP contribution in [0.1, 0.15) is 52.7 Å². The molecule has 0 spiro atoms. The van der Waals surface area contributed by atoms with E-state index in [1.54, 1.807) is 17.9 Å². The molecule has 2 aliphatic rings. The fourth-order valence-corrected chi connectivity index (χ4v) is 3.87. The lowest BCUT2D eigenvalue weighted by Crippen LogP contribution is -2.51. The highest BCUT2D eigenvalue weighted by atomic mass is 19.1. The van der Waals surface area contributed by atoms with Crippen LogP contribution in [0.2, 0.25) is 0 Å². The number of hydrogen-bond donors (Lipinski definition) is 1. The number of amides is 1. The van der Waals surface area contributed by atoms with E-state index in [1.165, 1.54) is 0 Å². The van der Waals surface area contributed by atoms with Gasteiger partial charge in [0, 0.05) is 38.3 Å². The van der Waals surface area contributed by atoms with Crippen molar-refractivity contribution in [2.75, 3.05) is 32.7 Å². The van der Waals surface area contributed by atoms with E-state index in [-0.39, 0.29) is 11.9 Å². The van der Waals surface area contributed by atoms with E-state index in [2.05, 4.69) is 42.2 Å². The molecule has 1 aromatic carbocycles. The van der Waals surface area contributed by atoms with Crippen LogP contribution < -0.4 is 5.43 Å². The summed E-state index contributed by atoms with van der Waals surface area (Å²) in [4.78, 5) is 16.5.